The van der Waals surface area contributed by atoms with Gasteiger partial charge in [-0.05, 0) is 33.6 Å². The molecule has 18 heavy (non-hydrogen) atoms. The largest absolute Gasteiger partial charge is 0.481 e. The Labute approximate surface area is 109 Å². The van der Waals surface area contributed by atoms with Crippen molar-refractivity contribution in [2.24, 2.45) is 0 Å². The third-order valence-corrected chi connectivity index (χ3v) is 2.66. The molecule has 0 aromatic carbocycles. The van der Waals surface area contributed by atoms with Crippen molar-refractivity contribution in [1.82, 2.24) is 5.32 Å². The molecule has 0 bridgehead atoms. The van der Waals surface area contributed by atoms with Crippen molar-refractivity contribution in [3.63, 3.8) is 0 Å². The lowest BCUT2D eigenvalue weighted by molar-refractivity contribution is -0.138. The Bertz CT molecular complexity index is 276. The first-order valence-corrected chi connectivity index (χ1v) is 6.44. The van der Waals surface area contributed by atoms with E-state index in [1.165, 1.54) is 0 Å². The van der Waals surface area contributed by atoms with Gasteiger partial charge >= 0.3 is 5.97 Å². The summed E-state index contributed by atoms with van der Waals surface area (Å²) in [4.78, 5) is 22.3. The molecule has 0 fully saturated rings. The molecule has 0 aliphatic rings. The molecule has 5 heteroatoms. The Morgan fingerprint density at radius 2 is 2.00 bits per heavy atom. The fourth-order valence-electron chi connectivity index (χ4n) is 1.40. The van der Waals surface area contributed by atoms with Crippen molar-refractivity contribution < 1.29 is 19.4 Å². The number of aliphatic carboxylic acids is 1. The molecule has 2 N–H and O–H groups in total. The fourth-order valence-corrected chi connectivity index (χ4v) is 1.40. The van der Waals surface area contributed by atoms with Crippen LogP contribution in [0.4, 0.5) is 0 Å². The van der Waals surface area contributed by atoms with Crippen LogP contribution in [0.2, 0.25) is 0 Å². The number of ether oxygens (including phenoxy) is 1. The molecule has 0 heterocycles. The highest BCUT2D eigenvalue weighted by Gasteiger charge is 2.24. The lowest BCUT2D eigenvalue weighted by Gasteiger charge is -2.27. The molecule has 5 nitrogen and oxygen atoms in total. The van der Waals surface area contributed by atoms with Crippen molar-refractivity contribution in [3.8, 4) is 0 Å². The molecule has 106 valence electrons. The number of hydrogen-bond donors (Lipinski definition) is 2. The van der Waals surface area contributed by atoms with Gasteiger partial charge in [0.2, 0.25) is 5.91 Å². The highest BCUT2D eigenvalue weighted by Crippen LogP contribution is 2.12. The number of carbonyl (C=O) groups excluding carboxylic acids is 1. The van der Waals surface area contributed by atoms with Crippen LogP contribution in [-0.2, 0) is 14.3 Å². The molecular weight excluding hydrogens is 234 g/mol. The average Bonchev–Trinajstić information content (AvgIpc) is 2.26. The molecule has 0 radical (unpaired) electrons. The fraction of sp³-hybridized carbons (Fsp3) is 0.846. The maximum absolute atomic E-state index is 11.8. The van der Waals surface area contributed by atoms with Crippen LogP contribution >= 0.6 is 0 Å². The number of nitrogens with one attached hydrogen (secondary N) is 1. The number of amides is 1. The molecule has 0 rings (SSSR count). The Morgan fingerprint density at radius 1 is 1.39 bits per heavy atom. The van der Waals surface area contributed by atoms with Gasteiger partial charge in [0.25, 0.3) is 0 Å². The molecule has 0 aromatic rings. The lowest BCUT2D eigenvalue weighted by Crippen LogP contribution is -2.48. The number of rotatable bonds is 9. The van der Waals surface area contributed by atoms with Crippen LogP contribution in [0.3, 0.4) is 0 Å². The van der Waals surface area contributed by atoms with E-state index in [1.54, 1.807) is 6.92 Å². The van der Waals surface area contributed by atoms with Crippen molar-refractivity contribution in [1.29, 1.82) is 0 Å². The second-order valence-electron chi connectivity index (χ2n) is 5.13. The Kier molecular flexibility index (Phi) is 7.59. The molecule has 1 unspecified atom stereocenters. The van der Waals surface area contributed by atoms with Crippen LogP contribution in [0, 0.1) is 0 Å². The second kappa shape index (κ2) is 8.08. The summed E-state index contributed by atoms with van der Waals surface area (Å²) < 4.78 is 5.39. The Balaban J connectivity index is 4.07. The standard InChI is InChI=1S/C13H25NO4/c1-5-6-9-18-10(2)12(17)14-13(3,4)8-7-11(15)16/h10H,5-9H2,1-4H3,(H,14,17)(H,15,16). The van der Waals surface area contributed by atoms with E-state index < -0.39 is 17.6 Å². The minimum atomic E-state index is -0.857. The van der Waals surface area contributed by atoms with Crippen LogP contribution in [0.15, 0.2) is 0 Å². The molecular formula is C13H25NO4. The average molecular weight is 259 g/mol. The zero-order valence-electron chi connectivity index (χ0n) is 11.8. The number of carboxylic acid groups (broad SMARTS) is 1. The van der Waals surface area contributed by atoms with E-state index in [-0.39, 0.29) is 12.3 Å². The molecule has 0 saturated heterocycles. The minimum Gasteiger partial charge on any atom is -0.481 e. The summed E-state index contributed by atoms with van der Waals surface area (Å²) in [6.07, 6.45) is 1.90. The highest BCUT2D eigenvalue weighted by molar-refractivity contribution is 5.81. The van der Waals surface area contributed by atoms with Gasteiger partial charge in [-0.1, -0.05) is 13.3 Å². The maximum atomic E-state index is 11.8. The summed E-state index contributed by atoms with van der Waals surface area (Å²) in [6, 6.07) is 0. The van der Waals surface area contributed by atoms with Crippen LogP contribution in [0.25, 0.3) is 0 Å². The molecule has 0 aromatic heterocycles. The molecule has 0 spiro atoms. The summed E-state index contributed by atoms with van der Waals surface area (Å²) in [5.41, 5.74) is -0.530. The van der Waals surface area contributed by atoms with E-state index in [2.05, 4.69) is 12.2 Å². The maximum Gasteiger partial charge on any atom is 0.303 e. The van der Waals surface area contributed by atoms with Crippen LogP contribution in [0.1, 0.15) is 53.4 Å². The molecule has 1 atom stereocenters. The van der Waals surface area contributed by atoms with E-state index in [1.807, 2.05) is 13.8 Å². The van der Waals surface area contributed by atoms with Crippen LogP contribution < -0.4 is 5.32 Å². The quantitative estimate of drug-likeness (QED) is 0.621. The molecule has 1 amide bonds. The Hall–Kier alpha value is -1.10. The van der Waals surface area contributed by atoms with Gasteiger partial charge in [0, 0.05) is 18.6 Å². The van der Waals surface area contributed by atoms with E-state index >= 15 is 0 Å². The number of hydrogen-bond acceptors (Lipinski definition) is 3. The van der Waals surface area contributed by atoms with E-state index in [0.717, 1.165) is 12.8 Å². The van der Waals surface area contributed by atoms with Gasteiger partial charge in [-0.3, -0.25) is 9.59 Å². The normalized spacial score (nSPS) is 13.1. The monoisotopic (exact) mass is 259 g/mol. The smallest absolute Gasteiger partial charge is 0.303 e. The summed E-state index contributed by atoms with van der Waals surface area (Å²) in [5, 5.41) is 11.4. The van der Waals surface area contributed by atoms with E-state index in [9.17, 15) is 9.59 Å². The summed E-state index contributed by atoms with van der Waals surface area (Å²) in [6.45, 7) is 7.96. The van der Waals surface area contributed by atoms with E-state index in [0.29, 0.717) is 13.0 Å². The minimum absolute atomic E-state index is 0.0400. The molecule has 0 saturated carbocycles. The van der Waals surface area contributed by atoms with Gasteiger partial charge < -0.3 is 15.2 Å². The first kappa shape index (κ1) is 16.9. The number of carbonyl (C=O) groups is 2. The summed E-state index contributed by atoms with van der Waals surface area (Å²) in [7, 11) is 0. The van der Waals surface area contributed by atoms with Crippen molar-refractivity contribution in [2.45, 2.75) is 65.0 Å². The van der Waals surface area contributed by atoms with Gasteiger partial charge in [0.05, 0.1) is 0 Å². The zero-order valence-corrected chi connectivity index (χ0v) is 11.8. The van der Waals surface area contributed by atoms with Crippen LogP contribution in [-0.4, -0.2) is 35.2 Å². The van der Waals surface area contributed by atoms with Crippen molar-refractivity contribution in [3.05, 3.63) is 0 Å². The van der Waals surface area contributed by atoms with Crippen LogP contribution in [0.5, 0.6) is 0 Å². The SMILES string of the molecule is CCCCOC(C)C(=O)NC(C)(C)CCC(=O)O. The third-order valence-electron chi connectivity index (χ3n) is 2.66. The van der Waals surface area contributed by atoms with Gasteiger partial charge in [-0.2, -0.15) is 0 Å². The first-order valence-electron chi connectivity index (χ1n) is 6.44. The van der Waals surface area contributed by atoms with Gasteiger partial charge in [-0.25, -0.2) is 0 Å². The zero-order chi connectivity index (χ0) is 14.2. The molecule has 0 aliphatic carbocycles. The number of unbranched alkanes of at least 4 members (excludes halogenated alkanes) is 1. The topological polar surface area (TPSA) is 75.6 Å². The second-order valence-corrected chi connectivity index (χ2v) is 5.13. The summed E-state index contributed by atoms with van der Waals surface area (Å²) >= 11 is 0. The van der Waals surface area contributed by atoms with Gasteiger partial charge in [0.15, 0.2) is 0 Å². The predicted octanol–water partition coefficient (Wildman–Crippen LogP) is 1.95. The van der Waals surface area contributed by atoms with Crippen molar-refractivity contribution in [2.75, 3.05) is 6.61 Å². The summed E-state index contributed by atoms with van der Waals surface area (Å²) in [5.74, 6) is -1.05. The van der Waals surface area contributed by atoms with Crippen molar-refractivity contribution >= 4 is 11.9 Å². The highest BCUT2D eigenvalue weighted by atomic mass is 16.5. The first-order chi connectivity index (χ1) is 8.28. The Morgan fingerprint density at radius 3 is 2.50 bits per heavy atom. The predicted molar refractivity (Wildman–Crippen MR) is 69.4 cm³/mol. The van der Waals surface area contributed by atoms with Gasteiger partial charge in [-0.15, -0.1) is 0 Å². The third kappa shape index (κ3) is 8.06. The molecule has 0 aliphatic heterocycles. The lowest BCUT2D eigenvalue weighted by atomic mass is 9.98. The number of carboxylic acids is 1. The van der Waals surface area contributed by atoms with E-state index in [4.69, 9.17) is 9.84 Å². The van der Waals surface area contributed by atoms with Gasteiger partial charge in [0.1, 0.15) is 6.10 Å².